The number of isothiocyanates is 1. The number of nitrogens with zero attached hydrogens (tertiary/aromatic N) is 1. The number of thiocarbonyl (C=S) groups is 1. The smallest absolute Gasteiger partial charge is 0.400 e. The summed E-state index contributed by atoms with van der Waals surface area (Å²) in [5, 5.41) is 2.82. The minimum atomic E-state index is -0.524. The summed E-state index contributed by atoms with van der Waals surface area (Å²) in [6.07, 6.45) is 1.94. The average Bonchev–Trinajstić information content (AvgIpc) is 2.74. The van der Waals surface area contributed by atoms with Crippen molar-refractivity contribution in [2.45, 2.75) is 45.8 Å². The van der Waals surface area contributed by atoms with Gasteiger partial charge in [0.1, 0.15) is 0 Å². The quantitative estimate of drug-likeness (QED) is 0.372. The second kappa shape index (κ2) is 8.38. The molecule has 0 radical (unpaired) electrons. The van der Waals surface area contributed by atoms with E-state index in [2.05, 4.69) is 22.4 Å². The first-order valence-electron chi connectivity index (χ1n) is 8.12. The Morgan fingerprint density at radius 2 is 1.96 bits per heavy atom. The van der Waals surface area contributed by atoms with Crippen LogP contribution in [0.4, 0.5) is 5.69 Å². The Labute approximate surface area is 169 Å². The highest BCUT2D eigenvalue weighted by atomic mass is 35.5. The van der Waals surface area contributed by atoms with Crippen molar-refractivity contribution < 1.29 is 14.1 Å². The molecule has 0 saturated carbocycles. The van der Waals surface area contributed by atoms with Gasteiger partial charge in [-0.15, -0.1) is 0 Å². The maximum absolute atomic E-state index is 11.4. The Kier molecular flexibility index (Phi) is 6.89. The standard InChI is InChI=1S/C18H21BClNO3S2/c1-12(22)26-10-14(19-23-17(2,3)18(4,5)24-19)8-13-6-7-16(21-11-25)15(20)9-13/h6-9H,10H2,1-5H3. The molecule has 1 fully saturated rings. The normalized spacial score (nSPS) is 18.5. The predicted octanol–water partition coefficient (Wildman–Crippen LogP) is 5.37. The highest BCUT2D eigenvalue weighted by Crippen LogP contribution is 2.39. The fraction of sp³-hybridized carbons (Fsp3) is 0.444. The van der Waals surface area contributed by atoms with Crippen molar-refractivity contribution in [2.75, 3.05) is 5.75 Å². The first kappa shape index (κ1) is 21.4. The van der Waals surface area contributed by atoms with Gasteiger partial charge in [0.15, 0.2) is 5.12 Å². The summed E-state index contributed by atoms with van der Waals surface area (Å²) in [6, 6.07) is 5.44. The predicted molar refractivity (Wildman–Crippen MR) is 113 cm³/mol. The average molecular weight is 410 g/mol. The van der Waals surface area contributed by atoms with Crippen LogP contribution < -0.4 is 0 Å². The fourth-order valence-corrected chi connectivity index (χ4v) is 3.24. The Bertz CT molecular complexity index is 773. The number of benzene rings is 1. The van der Waals surface area contributed by atoms with E-state index < -0.39 is 18.3 Å². The molecule has 1 aliphatic heterocycles. The van der Waals surface area contributed by atoms with E-state index in [0.717, 1.165) is 11.0 Å². The van der Waals surface area contributed by atoms with E-state index in [-0.39, 0.29) is 5.12 Å². The SMILES string of the molecule is CC(=O)SCC(=Cc1ccc(N=C=S)c(Cl)c1)B1OC(C)(C)C(C)(C)O1. The number of thioether (sulfide) groups is 1. The molecule has 0 amide bonds. The number of carbonyl (C=O) groups excluding carboxylic acids is 1. The maximum Gasteiger partial charge on any atom is 0.491 e. The maximum atomic E-state index is 11.4. The van der Waals surface area contributed by atoms with Gasteiger partial charge in [0.25, 0.3) is 0 Å². The number of hydrogen-bond acceptors (Lipinski definition) is 6. The number of halogens is 1. The molecule has 2 rings (SSSR count). The van der Waals surface area contributed by atoms with Crippen molar-refractivity contribution in [3.05, 3.63) is 34.3 Å². The summed E-state index contributed by atoms with van der Waals surface area (Å²) < 4.78 is 12.3. The molecular formula is C18H21BClNO3S2. The molecule has 0 bridgehead atoms. The second-order valence-electron chi connectivity index (χ2n) is 7.00. The van der Waals surface area contributed by atoms with E-state index in [1.165, 1.54) is 11.8 Å². The number of rotatable bonds is 5. The highest BCUT2D eigenvalue weighted by Gasteiger charge is 2.52. The first-order valence-corrected chi connectivity index (χ1v) is 9.90. The van der Waals surface area contributed by atoms with Crippen LogP contribution in [-0.2, 0) is 14.1 Å². The molecule has 1 aromatic carbocycles. The molecular weight excluding hydrogens is 389 g/mol. The third-order valence-corrected chi connectivity index (χ3v) is 5.77. The summed E-state index contributed by atoms with van der Waals surface area (Å²) in [5.41, 5.74) is 1.40. The van der Waals surface area contributed by atoms with Gasteiger partial charge in [-0.25, -0.2) is 0 Å². The number of carbonyl (C=O) groups is 1. The summed E-state index contributed by atoms with van der Waals surface area (Å²) in [4.78, 5) is 15.4. The van der Waals surface area contributed by atoms with Gasteiger partial charge in [-0.05, 0) is 63.1 Å². The Hall–Kier alpha value is -0.945. The van der Waals surface area contributed by atoms with Gasteiger partial charge in [0, 0.05) is 12.7 Å². The summed E-state index contributed by atoms with van der Waals surface area (Å²) >= 11 is 12.1. The van der Waals surface area contributed by atoms with Crippen molar-refractivity contribution >= 4 is 64.7 Å². The van der Waals surface area contributed by atoms with Gasteiger partial charge in [-0.3, -0.25) is 4.79 Å². The van der Waals surface area contributed by atoms with Crippen LogP contribution in [0.15, 0.2) is 28.7 Å². The lowest BCUT2D eigenvalue weighted by Crippen LogP contribution is -2.41. The van der Waals surface area contributed by atoms with Crippen molar-refractivity contribution in [2.24, 2.45) is 4.99 Å². The van der Waals surface area contributed by atoms with Crippen LogP contribution in [0.25, 0.3) is 6.08 Å². The van der Waals surface area contributed by atoms with Gasteiger partial charge < -0.3 is 9.31 Å². The zero-order chi connectivity index (χ0) is 19.5. The Morgan fingerprint density at radius 1 is 1.35 bits per heavy atom. The van der Waals surface area contributed by atoms with Crippen LogP contribution in [0.5, 0.6) is 0 Å². The summed E-state index contributed by atoms with van der Waals surface area (Å²) in [7, 11) is -0.524. The summed E-state index contributed by atoms with van der Waals surface area (Å²) in [6.45, 7) is 9.53. The molecule has 8 heteroatoms. The van der Waals surface area contributed by atoms with Gasteiger partial charge in [-0.1, -0.05) is 35.5 Å². The van der Waals surface area contributed by atoms with E-state index in [4.69, 9.17) is 20.9 Å². The second-order valence-corrected chi connectivity index (χ2v) is 8.74. The van der Waals surface area contributed by atoms with Crippen molar-refractivity contribution in [3.8, 4) is 0 Å². The zero-order valence-corrected chi connectivity index (χ0v) is 17.8. The fourth-order valence-electron chi connectivity index (χ4n) is 2.32. The minimum absolute atomic E-state index is 0.0381. The molecule has 0 aliphatic carbocycles. The lowest BCUT2D eigenvalue weighted by molar-refractivity contribution is -0.109. The van der Waals surface area contributed by atoms with Crippen LogP contribution in [0.3, 0.4) is 0 Å². The van der Waals surface area contributed by atoms with Gasteiger partial charge in [0.05, 0.1) is 27.1 Å². The Balaban J connectivity index is 2.36. The van der Waals surface area contributed by atoms with Crippen molar-refractivity contribution in [3.63, 3.8) is 0 Å². The van der Waals surface area contributed by atoms with Crippen LogP contribution in [0.2, 0.25) is 5.02 Å². The largest absolute Gasteiger partial charge is 0.491 e. The molecule has 0 unspecified atom stereocenters. The molecule has 0 spiro atoms. The lowest BCUT2D eigenvalue weighted by atomic mass is 9.78. The monoisotopic (exact) mass is 409 g/mol. The van der Waals surface area contributed by atoms with E-state index in [0.29, 0.717) is 16.5 Å². The zero-order valence-electron chi connectivity index (χ0n) is 15.5. The molecule has 1 heterocycles. The van der Waals surface area contributed by atoms with Crippen LogP contribution in [0, 0.1) is 0 Å². The first-order chi connectivity index (χ1) is 12.1. The van der Waals surface area contributed by atoms with Crippen LogP contribution in [0.1, 0.15) is 40.2 Å². The van der Waals surface area contributed by atoms with E-state index in [1.807, 2.05) is 39.8 Å². The Morgan fingerprint density at radius 3 is 2.46 bits per heavy atom. The van der Waals surface area contributed by atoms with Crippen LogP contribution >= 0.6 is 35.6 Å². The molecule has 26 heavy (non-hydrogen) atoms. The topological polar surface area (TPSA) is 47.9 Å². The molecule has 1 aromatic rings. The third-order valence-electron chi connectivity index (χ3n) is 4.49. The van der Waals surface area contributed by atoms with Gasteiger partial charge >= 0.3 is 7.12 Å². The van der Waals surface area contributed by atoms with Gasteiger partial charge in [-0.2, -0.15) is 4.99 Å². The molecule has 0 N–H and O–H groups in total. The molecule has 0 aromatic heterocycles. The molecule has 1 aliphatic rings. The van der Waals surface area contributed by atoms with Crippen LogP contribution in [-0.4, -0.2) is 34.3 Å². The summed E-state index contributed by atoms with van der Waals surface area (Å²) in [5.74, 6) is 0.476. The molecule has 1 saturated heterocycles. The van der Waals surface area contributed by atoms with E-state index >= 15 is 0 Å². The third kappa shape index (κ3) is 5.06. The molecule has 4 nitrogen and oxygen atoms in total. The number of aliphatic imine (C=N–C) groups is 1. The van der Waals surface area contributed by atoms with E-state index in [1.54, 1.807) is 19.1 Å². The molecule has 138 valence electrons. The highest BCUT2D eigenvalue weighted by molar-refractivity contribution is 8.13. The minimum Gasteiger partial charge on any atom is -0.400 e. The number of hydrogen-bond donors (Lipinski definition) is 0. The van der Waals surface area contributed by atoms with Gasteiger partial charge in [0.2, 0.25) is 0 Å². The van der Waals surface area contributed by atoms with Crippen molar-refractivity contribution in [1.82, 2.24) is 0 Å². The van der Waals surface area contributed by atoms with E-state index in [9.17, 15) is 4.79 Å². The van der Waals surface area contributed by atoms with Crippen molar-refractivity contribution in [1.29, 1.82) is 0 Å². The molecule has 0 atom stereocenters. The lowest BCUT2D eigenvalue weighted by Gasteiger charge is -2.32.